The number of nitrogens with two attached hydrogens (primary N) is 1. The number of ether oxygens (including phenoxy) is 1. The number of pyridine rings is 1. The van der Waals surface area contributed by atoms with Gasteiger partial charge in [0.25, 0.3) is 0 Å². The van der Waals surface area contributed by atoms with Gasteiger partial charge in [0.05, 0.1) is 17.9 Å². The van der Waals surface area contributed by atoms with E-state index in [4.69, 9.17) is 10.5 Å². The largest absolute Gasteiger partial charge is 0.383 e. The number of anilines is 2. The third-order valence-electron chi connectivity index (χ3n) is 5.44. The van der Waals surface area contributed by atoms with Crippen LogP contribution in [-0.4, -0.2) is 31.3 Å². The summed E-state index contributed by atoms with van der Waals surface area (Å²) in [5.74, 6) is 0.535. The summed E-state index contributed by atoms with van der Waals surface area (Å²) in [6.07, 6.45) is 4.78. The van der Waals surface area contributed by atoms with Crippen molar-refractivity contribution in [1.29, 1.82) is 5.26 Å². The van der Waals surface area contributed by atoms with Gasteiger partial charge in [0.2, 0.25) is 0 Å². The lowest BCUT2D eigenvalue weighted by Crippen LogP contribution is -2.29. The van der Waals surface area contributed by atoms with Crippen LogP contribution in [0.2, 0.25) is 0 Å². The lowest BCUT2D eigenvalue weighted by atomic mass is 9.93. The summed E-state index contributed by atoms with van der Waals surface area (Å²) >= 11 is 0. The first-order valence-corrected chi connectivity index (χ1v) is 9.40. The Hall–Kier alpha value is -2.58. The van der Waals surface area contributed by atoms with E-state index in [1.54, 1.807) is 0 Å². The normalized spacial score (nSPS) is 20.1. The van der Waals surface area contributed by atoms with Crippen LogP contribution in [0.4, 0.5) is 11.5 Å². The van der Waals surface area contributed by atoms with Gasteiger partial charge in [-0.3, -0.25) is 0 Å². The van der Waals surface area contributed by atoms with Gasteiger partial charge in [-0.15, -0.1) is 0 Å². The molecule has 2 aromatic rings. The quantitative estimate of drug-likeness (QED) is 0.915. The first-order valence-electron chi connectivity index (χ1n) is 9.40. The Balaban J connectivity index is 1.65. The van der Waals surface area contributed by atoms with E-state index in [-0.39, 0.29) is 5.92 Å². The fraction of sp³-hybridized carbons (Fsp3) is 0.429. The SMILES string of the molecule is N#Cc1c([C@H]2CCOC2)cc(-c2ccc(N3CCCCC3)cc2)nc1N. The Morgan fingerprint density at radius 2 is 1.92 bits per heavy atom. The van der Waals surface area contributed by atoms with Crippen LogP contribution in [0.5, 0.6) is 0 Å². The fourth-order valence-corrected chi connectivity index (χ4v) is 3.95. The average molecular weight is 348 g/mol. The maximum Gasteiger partial charge on any atom is 0.142 e. The summed E-state index contributed by atoms with van der Waals surface area (Å²) in [7, 11) is 0. The molecule has 134 valence electrons. The van der Waals surface area contributed by atoms with Gasteiger partial charge in [0.1, 0.15) is 11.9 Å². The average Bonchev–Trinajstić information content (AvgIpc) is 3.23. The summed E-state index contributed by atoms with van der Waals surface area (Å²) in [6.45, 7) is 3.64. The molecule has 1 aromatic carbocycles. The minimum Gasteiger partial charge on any atom is -0.383 e. The van der Waals surface area contributed by atoms with Gasteiger partial charge in [-0.05, 0) is 49.4 Å². The maximum absolute atomic E-state index is 9.49. The summed E-state index contributed by atoms with van der Waals surface area (Å²) in [4.78, 5) is 6.93. The third kappa shape index (κ3) is 3.25. The molecule has 26 heavy (non-hydrogen) atoms. The van der Waals surface area contributed by atoms with Crippen LogP contribution in [0, 0.1) is 11.3 Å². The monoisotopic (exact) mass is 348 g/mol. The maximum atomic E-state index is 9.49. The molecular formula is C21H24N4O. The van der Waals surface area contributed by atoms with Crippen LogP contribution in [-0.2, 0) is 4.74 Å². The Bertz CT molecular complexity index is 813. The summed E-state index contributed by atoms with van der Waals surface area (Å²) < 4.78 is 5.50. The second-order valence-corrected chi connectivity index (χ2v) is 7.12. The smallest absolute Gasteiger partial charge is 0.142 e. The second-order valence-electron chi connectivity index (χ2n) is 7.12. The van der Waals surface area contributed by atoms with Crippen LogP contribution in [0.25, 0.3) is 11.3 Å². The molecule has 2 aliphatic heterocycles. The molecule has 2 fully saturated rings. The molecule has 1 atom stereocenters. The summed E-state index contributed by atoms with van der Waals surface area (Å²) in [5, 5.41) is 9.49. The lowest BCUT2D eigenvalue weighted by Gasteiger charge is -2.28. The van der Waals surface area contributed by atoms with Crippen molar-refractivity contribution in [3.63, 3.8) is 0 Å². The van der Waals surface area contributed by atoms with Gasteiger partial charge >= 0.3 is 0 Å². The first-order chi connectivity index (χ1) is 12.8. The van der Waals surface area contributed by atoms with E-state index in [2.05, 4.69) is 40.2 Å². The van der Waals surface area contributed by atoms with Gasteiger partial charge < -0.3 is 15.4 Å². The van der Waals surface area contributed by atoms with E-state index in [9.17, 15) is 5.26 Å². The highest BCUT2D eigenvalue weighted by atomic mass is 16.5. The molecule has 3 heterocycles. The molecule has 0 radical (unpaired) electrons. The standard InChI is InChI=1S/C21H24N4O/c22-13-19-18(16-8-11-26-14-16)12-20(24-21(19)23)15-4-6-17(7-5-15)25-9-2-1-3-10-25/h4-7,12,16H,1-3,8-11,14H2,(H2,23,24)/t16-/m0/s1. The van der Waals surface area contributed by atoms with Crippen molar-refractivity contribution in [1.82, 2.24) is 4.98 Å². The van der Waals surface area contributed by atoms with Crippen molar-refractivity contribution in [3.8, 4) is 17.3 Å². The first kappa shape index (κ1) is 16.9. The molecule has 2 saturated heterocycles. The number of aromatic nitrogens is 1. The third-order valence-corrected chi connectivity index (χ3v) is 5.44. The summed E-state index contributed by atoms with van der Waals surface area (Å²) in [6, 6.07) is 12.8. The molecule has 2 N–H and O–H groups in total. The van der Waals surface area contributed by atoms with Crippen molar-refractivity contribution in [2.45, 2.75) is 31.6 Å². The minimum atomic E-state index is 0.223. The van der Waals surface area contributed by atoms with E-state index in [0.29, 0.717) is 18.0 Å². The number of hydrogen-bond acceptors (Lipinski definition) is 5. The molecule has 0 spiro atoms. The Labute approximate surface area is 154 Å². The van der Waals surface area contributed by atoms with Crippen molar-refractivity contribution >= 4 is 11.5 Å². The number of nitrogen functional groups attached to an aromatic ring is 1. The molecule has 1 aromatic heterocycles. The van der Waals surface area contributed by atoms with E-state index >= 15 is 0 Å². The zero-order chi connectivity index (χ0) is 17.9. The molecule has 5 nitrogen and oxygen atoms in total. The predicted molar refractivity (Wildman–Crippen MR) is 103 cm³/mol. The van der Waals surface area contributed by atoms with Crippen molar-refractivity contribution in [2.75, 3.05) is 36.9 Å². The molecular weight excluding hydrogens is 324 g/mol. The zero-order valence-electron chi connectivity index (χ0n) is 14.9. The number of nitriles is 1. The number of benzene rings is 1. The molecule has 4 rings (SSSR count). The van der Waals surface area contributed by atoms with Crippen LogP contribution < -0.4 is 10.6 Å². The highest BCUT2D eigenvalue weighted by molar-refractivity contribution is 5.68. The Kier molecular flexibility index (Phi) is 4.77. The van der Waals surface area contributed by atoms with Crippen LogP contribution in [0.1, 0.15) is 42.7 Å². The molecule has 0 aliphatic carbocycles. The minimum absolute atomic E-state index is 0.223. The predicted octanol–water partition coefficient (Wildman–Crippen LogP) is 3.70. The van der Waals surface area contributed by atoms with Crippen LogP contribution >= 0.6 is 0 Å². The molecule has 0 bridgehead atoms. The highest BCUT2D eigenvalue weighted by Gasteiger charge is 2.23. The number of hydrogen-bond donors (Lipinski definition) is 1. The molecule has 0 unspecified atom stereocenters. The Morgan fingerprint density at radius 3 is 2.58 bits per heavy atom. The van der Waals surface area contributed by atoms with Crippen LogP contribution in [0.15, 0.2) is 30.3 Å². The lowest BCUT2D eigenvalue weighted by molar-refractivity contribution is 0.194. The fourth-order valence-electron chi connectivity index (χ4n) is 3.95. The van der Waals surface area contributed by atoms with Crippen molar-refractivity contribution < 1.29 is 4.74 Å². The van der Waals surface area contributed by atoms with Gasteiger partial charge in [-0.2, -0.15) is 5.26 Å². The van der Waals surface area contributed by atoms with Crippen LogP contribution in [0.3, 0.4) is 0 Å². The second kappa shape index (κ2) is 7.35. The van der Waals surface area contributed by atoms with Gasteiger partial charge in [0, 0.05) is 36.9 Å². The van der Waals surface area contributed by atoms with E-state index in [1.807, 2.05) is 6.07 Å². The molecule has 5 heteroatoms. The number of rotatable bonds is 3. The van der Waals surface area contributed by atoms with Crippen molar-refractivity contribution in [3.05, 3.63) is 41.5 Å². The zero-order valence-corrected chi connectivity index (χ0v) is 14.9. The van der Waals surface area contributed by atoms with Gasteiger partial charge in [0.15, 0.2) is 0 Å². The van der Waals surface area contributed by atoms with Gasteiger partial charge in [-0.25, -0.2) is 4.98 Å². The number of nitrogens with zero attached hydrogens (tertiary/aromatic N) is 3. The van der Waals surface area contributed by atoms with Crippen molar-refractivity contribution in [2.24, 2.45) is 0 Å². The highest BCUT2D eigenvalue weighted by Crippen LogP contribution is 2.33. The molecule has 2 aliphatic rings. The molecule has 0 amide bonds. The Morgan fingerprint density at radius 1 is 1.15 bits per heavy atom. The molecule has 0 saturated carbocycles. The van der Waals surface area contributed by atoms with Gasteiger partial charge in [-0.1, -0.05) is 12.1 Å². The van der Waals surface area contributed by atoms with E-state index in [0.717, 1.165) is 42.9 Å². The number of piperidine rings is 1. The summed E-state index contributed by atoms with van der Waals surface area (Å²) in [5.41, 5.74) is 10.7. The van der Waals surface area contributed by atoms with E-state index in [1.165, 1.54) is 24.9 Å². The topological polar surface area (TPSA) is 75.2 Å². The van der Waals surface area contributed by atoms with E-state index < -0.39 is 0 Å².